The summed E-state index contributed by atoms with van der Waals surface area (Å²) in [5.74, 6) is 0. The molecule has 4 heteroatoms. The van der Waals surface area contributed by atoms with Crippen LogP contribution < -0.4 is 0 Å². The van der Waals surface area contributed by atoms with Crippen molar-refractivity contribution >= 4 is 28.9 Å². The van der Waals surface area contributed by atoms with E-state index in [2.05, 4.69) is 39.3 Å². The lowest BCUT2D eigenvalue weighted by atomic mass is 10.2. The molecule has 0 bridgehead atoms. The van der Waals surface area contributed by atoms with E-state index < -0.39 is 0 Å². The summed E-state index contributed by atoms with van der Waals surface area (Å²) in [6.07, 6.45) is 4.55. The highest BCUT2D eigenvalue weighted by atomic mass is 79.9. The lowest BCUT2D eigenvalue weighted by molar-refractivity contribution is 0.473. The van der Waals surface area contributed by atoms with Crippen LogP contribution in [0.25, 0.3) is 0 Å². The second kappa shape index (κ2) is 4.21. The van der Waals surface area contributed by atoms with Gasteiger partial charge < -0.3 is 0 Å². The first-order valence-electron chi connectivity index (χ1n) is 3.56. The van der Waals surface area contributed by atoms with E-state index in [1.54, 1.807) is 11.2 Å². The van der Waals surface area contributed by atoms with Gasteiger partial charge in [-0.1, -0.05) is 6.58 Å². The van der Waals surface area contributed by atoms with Gasteiger partial charge in [-0.15, -0.1) is 0 Å². The van der Waals surface area contributed by atoms with E-state index >= 15 is 0 Å². The Kier molecular flexibility index (Phi) is 3.22. The Balaban J connectivity index is 2.77. The van der Waals surface area contributed by atoms with E-state index in [0.29, 0.717) is 4.61 Å². The van der Waals surface area contributed by atoms with Crippen molar-refractivity contribution in [1.82, 2.24) is 5.01 Å². The Bertz CT molecular complexity index is 255. The smallest absolute Gasteiger partial charge is 0.100 e. The minimum absolute atomic E-state index is 0.694. The van der Waals surface area contributed by atoms with Gasteiger partial charge in [-0.3, -0.25) is 4.99 Å². The fraction of sp³-hybridized carbons (Fsp3) is 0.250. The largest absolute Gasteiger partial charge is 0.293 e. The summed E-state index contributed by atoms with van der Waals surface area (Å²) in [7, 11) is 0. The minimum atomic E-state index is 0.694. The molecule has 0 spiro atoms. The average Bonchev–Trinajstić information content (AvgIpc) is 2.07. The minimum Gasteiger partial charge on any atom is -0.293 e. The monoisotopic (exact) mass is 227 g/mol. The van der Waals surface area contributed by atoms with Gasteiger partial charge in [-0.2, -0.15) is 5.10 Å². The van der Waals surface area contributed by atoms with Crippen molar-refractivity contribution in [3.8, 4) is 0 Å². The van der Waals surface area contributed by atoms with Crippen LogP contribution in [0.4, 0.5) is 0 Å². The molecule has 0 saturated carbocycles. The molecule has 0 aliphatic carbocycles. The number of dihydropyridines is 1. The molecule has 1 heterocycles. The normalized spacial score (nSPS) is 15.2. The number of hydrogen-bond donors (Lipinski definition) is 0. The summed E-state index contributed by atoms with van der Waals surface area (Å²) < 4.78 is 0.694. The second-order valence-electron chi connectivity index (χ2n) is 2.29. The molecule has 3 nitrogen and oxygen atoms in total. The van der Waals surface area contributed by atoms with E-state index in [1.807, 2.05) is 6.08 Å². The summed E-state index contributed by atoms with van der Waals surface area (Å²) in [6.45, 7) is 7.99. The molecule has 0 aromatic rings. The number of rotatable bonds is 3. The summed E-state index contributed by atoms with van der Waals surface area (Å²) in [5, 5.41) is 5.48. The number of aliphatic imine (C=N–C) groups is 1. The topological polar surface area (TPSA) is 28.0 Å². The number of hydrogen-bond acceptors (Lipinski definition) is 3. The molecule has 0 N–H and O–H groups in total. The van der Waals surface area contributed by atoms with Gasteiger partial charge >= 0.3 is 0 Å². The van der Waals surface area contributed by atoms with Crippen molar-refractivity contribution in [3.63, 3.8) is 0 Å². The Morgan fingerprint density at radius 1 is 1.75 bits per heavy atom. The quantitative estimate of drug-likeness (QED) is 0.413. The zero-order chi connectivity index (χ0) is 8.97. The number of hydrazone groups is 1. The molecular formula is C8H10BrN3. The highest BCUT2D eigenvalue weighted by molar-refractivity contribution is 9.11. The molecule has 0 amide bonds. The molecule has 64 valence electrons. The van der Waals surface area contributed by atoms with Gasteiger partial charge in [0.15, 0.2) is 0 Å². The molecule has 0 fully saturated rings. The van der Waals surface area contributed by atoms with Crippen LogP contribution >= 0.6 is 15.9 Å². The van der Waals surface area contributed by atoms with E-state index in [-0.39, 0.29) is 0 Å². The third kappa shape index (κ3) is 2.04. The fourth-order valence-electron chi connectivity index (χ4n) is 0.976. The standard InChI is InChI=1S/C8H10BrN3/c1-7(9)12(10-2)8-3-5-11-6-4-8/h3,5H,1-2,4,6H2. The van der Waals surface area contributed by atoms with Gasteiger partial charge in [-0.25, -0.2) is 5.01 Å². The van der Waals surface area contributed by atoms with Crippen molar-refractivity contribution in [3.05, 3.63) is 23.0 Å². The van der Waals surface area contributed by atoms with Crippen LogP contribution in [0.1, 0.15) is 6.42 Å². The zero-order valence-electron chi connectivity index (χ0n) is 6.70. The van der Waals surface area contributed by atoms with Gasteiger partial charge in [-0.05, 0) is 22.0 Å². The van der Waals surface area contributed by atoms with E-state index in [1.165, 1.54) is 0 Å². The maximum absolute atomic E-state index is 4.07. The van der Waals surface area contributed by atoms with Crippen molar-refractivity contribution < 1.29 is 0 Å². The molecule has 0 atom stereocenters. The average molecular weight is 228 g/mol. The Morgan fingerprint density at radius 3 is 2.92 bits per heavy atom. The number of nitrogens with zero attached hydrogens (tertiary/aromatic N) is 3. The predicted molar refractivity (Wildman–Crippen MR) is 55.5 cm³/mol. The van der Waals surface area contributed by atoms with E-state index in [0.717, 1.165) is 18.7 Å². The molecule has 12 heavy (non-hydrogen) atoms. The molecule has 1 rings (SSSR count). The summed E-state index contributed by atoms with van der Waals surface area (Å²) in [5.41, 5.74) is 1.06. The predicted octanol–water partition coefficient (Wildman–Crippen LogP) is 2.13. The van der Waals surface area contributed by atoms with Crippen LogP contribution in [0, 0.1) is 0 Å². The lowest BCUT2D eigenvalue weighted by Crippen LogP contribution is -2.14. The molecule has 1 aliphatic heterocycles. The molecule has 0 aromatic heterocycles. The maximum Gasteiger partial charge on any atom is 0.100 e. The van der Waals surface area contributed by atoms with Gasteiger partial charge in [0.25, 0.3) is 0 Å². The third-order valence-corrected chi connectivity index (χ3v) is 1.85. The van der Waals surface area contributed by atoms with Crippen LogP contribution in [0.2, 0.25) is 0 Å². The van der Waals surface area contributed by atoms with Crippen LogP contribution in [-0.4, -0.2) is 24.5 Å². The SMILES string of the molecule is C=NN(C(=C)Br)C1=CC=NCC1. The van der Waals surface area contributed by atoms with Crippen molar-refractivity contribution in [1.29, 1.82) is 0 Å². The highest BCUT2D eigenvalue weighted by Crippen LogP contribution is 2.20. The van der Waals surface area contributed by atoms with Crippen LogP contribution in [-0.2, 0) is 0 Å². The van der Waals surface area contributed by atoms with Crippen molar-refractivity contribution in [2.75, 3.05) is 6.54 Å². The molecule has 0 unspecified atom stereocenters. The Labute approximate surface area is 80.3 Å². The first kappa shape index (κ1) is 9.19. The van der Waals surface area contributed by atoms with Gasteiger partial charge in [0, 0.05) is 31.6 Å². The Hall–Kier alpha value is -0.900. The molecule has 0 aromatic carbocycles. The number of halogens is 1. The maximum atomic E-state index is 4.07. The molecular weight excluding hydrogens is 218 g/mol. The number of allylic oxidation sites excluding steroid dienone is 1. The molecule has 1 aliphatic rings. The lowest BCUT2D eigenvalue weighted by Gasteiger charge is -2.20. The van der Waals surface area contributed by atoms with Gasteiger partial charge in [0.1, 0.15) is 4.61 Å². The molecule has 0 saturated heterocycles. The van der Waals surface area contributed by atoms with Crippen LogP contribution in [0.3, 0.4) is 0 Å². The highest BCUT2D eigenvalue weighted by Gasteiger charge is 2.09. The van der Waals surface area contributed by atoms with Crippen LogP contribution in [0.15, 0.2) is 33.1 Å². The van der Waals surface area contributed by atoms with E-state index in [4.69, 9.17) is 0 Å². The van der Waals surface area contributed by atoms with E-state index in [9.17, 15) is 0 Å². The first-order valence-corrected chi connectivity index (χ1v) is 4.35. The molecule has 0 radical (unpaired) electrons. The Morgan fingerprint density at radius 2 is 2.50 bits per heavy atom. The summed E-state index contributed by atoms with van der Waals surface area (Å²) in [4.78, 5) is 4.07. The second-order valence-corrected chi connectivity index (χ2v) is 3.21. The van der Waals surface area contributed by atoms with Crippen molar-refractivity contribution in [2.45, 2.75) is 6.42 Å². The van der Waals surface area contributed by atoms with Crippen molar-refractivity contribution in [2.24, 2.45) is 10.1 Å². The summed E-state index contributed by atoms with van der Waals surface area (Å²) in [6, 6.07) is 0. The van der Waals surface area contributed by atoms with Gasteiger partial charge in [0.05, 0.1) is 0 Å². The fourth-order valence-corrected chi connectivity index (χ4v) is 1.32. The third-order valence-electron chi connectivity index (χ3n) is 1.51. The first-order chi connectivity index (χ1) is 5.75. The zero-order valence-corrected chi connectivity index (χ0v) is 8.29. The van der Waals surface area contributed by atoms with Crippen LogP contribution in [0.5, 0.6) is 0 Å². The van der Waals surface area contributed by atoms with Gasteiger partial charge in [0.2, 0.25) is 0 Å². The summed E-state index contributed by atoms with van der Waals surface area (Å²) >= 11 is 3.25.